The second-order valence-corrected chi connectivity index (χ2v) is 9.17. The monoisotopic (exact) mass is 325 g/mol. The summed E-state index contributed by atoms with van der Waals surface area (Å²) < 4.78 is 0. The van der Waals surface area contributed by atoms with Gasteiger partial charge in [0.15, 0.2) is 5.78 Å². The van der Waals surface area contributed by atoms with Gasteiger partial charge in [0.2, 0.25) is 0 Å². The zero-order valence-electron chi connectivity index (χ0n) is 15.0. The van der Waals surface area contributed by atoms with Gasteiger partial charge in [-0.3, -0.25) is 9.59 Å². The third kappa shape index (κ3) is 1.83. The van der Waals surface area contributed by atoms with E-state index in [4.69, 9.17) is 0 Å². The van der Waals surface area contributed by atoms with Crippen LogP contribution in [0.2, 0.25) is 0 Å². The first kappa shape index (κ1) is 16.1. The molecule has 3 fully saturated rings. The van der Waals surface area contributed by atoms with Crippen LogP contribution in [0.3, 0.4) is 0 Å². The molecule has 4 aliphatic rings. The van der Waals surface area contributed by atoms with E-state index in [1.54, 1.807) is 0 Å². The first-order valence-electron chi connectivity index (χ1n) is 9.47. The van der Waals surface area contributed by atoms with Gasteiger partial charge < -0.3 is 0 Å². The lowest BCUT2D eigenvalue weighted by atomic mass is 9.44. The molecular weight excluding hydrogens is 298 g/mol. The summed E-state index contributed by atoms with van der Waals surface area (Å²) >= 11 is 0. The maximum Gasteiger partial charge on any atom is 0.155 e. The minimum atomic E-state index is -0.285. The fraction of sp³-hybridized carbons (Fsp3) is 0.762. The van der Waals surface area contributed by atoms with Gasteiger partial charge in [-0.1, -0.05) is 19.4 Å². The lowest BCUT2D eigenvalue weighted by molar-refractivity contribution is -0.136. The molecule has 0 bridgehead atoms. The summed E-state index contributed by atoms with van der Waals surface area (Å²) in [6.07, 6.45) is 7.13. The summed E-state index contributed by atoms with van der Waals surface area (Å²) in [5.41, 5.74) is 1.02. The normalized spacial score (nSPS) is 50.4. The third-order valence-corrected chi connectivity index (χ3v) is 8.47. The van der Waals surface area contributed by atoms with Crippen molar-refractivity contribution >= 4 is 11.6 Å². The van der Waals surface area contributed by atoms with Crippen molar-refractivity contribution in [2.75, 3.05) is 0 Å². The summed E-state index contributed by atoms with van der Waals surface area (Å²) in [6, 6.07) is 2.47. The van der Waals surface area contributed by atoms with Crippen molar-refractivity contribution in [2.45, 2.75) is 59.3 Å². The smallest absolute Gasteiger partial charge is 0.155 e. The van der Waals surface area contributed by atoms with Gasteiger partial charge in [0.05, 0.1) is 12.0 Å². The molecule has 128 valence electrons. The fourth-order valence-corrected chi connectivity index (χ4v) is 7.06. The van der Waals surface area contributed by atoms with Crippen molar-refractivity contribution in [2.24, 2.45) is 40.4 Å². The highest BCUT2D eigenvalue weighted by Gasteiger charge is 2.63. The number of ketones is 2. The van der Waals surface area contributed by atoms with Crippen LogP contribution < -0.4 is 0 Å². The Morgan fingerprint density at radius 1 is 1.17 bits per heavy atom. The zero-order valence-corrected chi connectivity index (χ0v) is 15.0. The molecule has 3 heteroatoms. The van der Waals surface area contributed by atoms with E-state index in [1.165, 1.54) is 5.57 Å². The van der Waals surface area contributed by atoms with E-state index in [9.17, 15) is 14.9 Å². The van der Waals surface area contributed by atoms with Crippen LogP contribution >= 0.6 is 0 Å². The molecule has 4 aliphatic carbocycles. The van der Waals surface area contributed by atoms with E-state index < -0.39 is 0 Å². The molecule has 0 spiro atoms. The van der Waals surface area contributed by atoms with E-state index in [-0.39, 0.29) is 28.4 Å². The summed E-state index contributed by atoms with van der Waals surface area (Å²) in [5.74, 6) is 2.12. The van der Waals surface area contributed by atoms with E-state index in [0.29, 0.717) is 36.4 Å². The van der Waals surface area contributed by atoms with Crippen LogP contribution in [-0.2, 0) is 9.59 Å². The van der Waals surface area contributed by atoms with Crippen LogP contribution in [0.4, 0.5) is 0 Å². The average molecular weight is 325 g/mol. The Morgan fingerprint density at radius 3 is 2.62 bits per heavy atom. The zero-order chi connectivity index (χ0) is 17.3. The second-order valence-electron chi connectivity index (χ2n) is 9.17. The number of Topliss-reactive ketones (excluding diaryl/α,β-unsaturated/α-hetero) is 1. The van der Waals surface area contributed by atoms with Gasteiger partial charge >= 0.3 is 0 Å². The van der Waals surface area contributed by atoms with Gasteiger partial charge in [-0.05, 0) is 67.8 Å². The molecule has 0 N–H and O–H groups in total. The molecule has 0 radical (unpaired) electrons. The number of hydrogen-bond acceptors (Lipinski definition) is 3. The Hall–Kier alpha value is -1.43. The quantitative estimate of drug-likeness (QED) is 0.674. The number of rotatable bonds is 0. The van der Waals surface area contributed by atoms with Gasteiger partial charge in [-0.2, -0.15) is 5.26 Å². The molecule has 0 saturated heterocycles. The van der Waals surface area contributed by atoms with E-state index in [2.05, 4.69) is 26.8 Å². The number of nitrogens with zero attached hydrogens (tertiary/aromatic N) is 1. The third-order valence-electron chi connectivity index (χ3n) is 8.47. The number of carbonyl (C=O) groups excluding carboxylic acids is 2. The van der Waals surface area contributed by atoms with Crippen molar-refractivity contribution in [1.82, 2.24) is 0 Å². The molecule has 3 nitrogen and oxygen atoms in total. The lowest BCUT2D eigenvalue weighted by Crippen LogP contribution is -2.54. The van der Waals surface area contributed by atoms with Crippen LogP contribution in [0.5, 0.6) is 0 Å². The van der Waals surface area contributed by atoms with Gasteiger partial charge in [0.25, 0.3) is 0 Å². The largest absolute Gasteiger partial charge is 0.299 e. The second kappa shape index (κ2) is 5.04. The number of nitriles is 1. The van der Waals surface area contributed by atoms with Crippen molar-refractivity contribution in [3.05, 3.63) is 11.6 Å². The molecule has 0 aromatic heterocycles. The minimum Gasteiger partial charge on any atom is -0.299 e. The number of fused-ring (bicyclic) bond motifs is 5. The van der Waals surface area contributed by atoms with Gasteiger partial charge in [-0.25, -0.2) is 0 Å². The van der Waals surface area contributed by atoms with Crippen LogP contribution in [-0.4, -0.2) is 11.6 Å². The summed E-state index contributed by atoms with van der Waals surface area (Å²) in [6.45, 7) is 6.60. The first-order valence-corrected chi connectivity index (χ1v) is 9.47. The molecule has 2 unspecified atom stereocenters. The number of carbonyl (C=O) groups is 2. The molecule has 0 heterocycles. The minimum absolute atomic E-state index is 0.0732. The molecule has 7 atom stereocenters. The SMILES string of the molecule is CC1=CC(=O)CC2CC[C@@H]3[C@@H](CC[C@]4(C)C(=O)CC(C#N)[C@@H]34)[C@@]12C. The molecule has 4 rings (SSSR count). The summed E-state index contributed by atoms with van der Waals surface area (Å²) in [7, 11) is 0. The van der Waals surface area contributed by atoms with Gasteiger partial charge in [-0.15, -0.1) is 0 Å². The van der Waals surface area contributed by atoms with Crippen LogP contribution in [0.25, 0.3) is 0 Å². The van der Waals surface area contributed by atoms with Crippen molar-refractivity contribution < 1.29 is 9.59 Å². The van der Waals surface area contributed by atoms with Gasteiger partial charge in [0, 0.05) is 18.3 Å². The predicted octanol–water partition coefficient (Wildman–Crippen LogP) is 4.08. The molecule has 0 aromatic carbocycles. The maximum atomic E-state index is 12.6. The predicted molar refractivity (Wildman–Crippen MR) is 90.8 cm³/mol. The van der Waals surface area contributed by atoms with Crippen LogP contribution in [0, 0.1) is 51.8 Å². The Morgan fingerprint density at radius 2 is 1.92 bits per heavy atom. The number of hydrogen-bond donors (Lipinski definition) is 0. The van der Waals surface area contributed by atoms with E-state index in [1.807, 2.05) is 6.08 Å². The summed E-state index contributed by atoms with van der Waals surface area (Å²) in [4.78, 5) is 24.7. The Kier molecular flexibility index (Phi) is 3.37. The standard InChI is InChI=1S/C21H27NO2/c1-12-8-15(23)10-14-4-5-16-17(21(12,14)3)6-7-20(2)18(24)9-13(11-22)19(16)20/h8,13-14,16-17,19H,4-7,9-10H2,1-3H3/t13?,14?,16-,17-,19+,20-,21+/m1/s1. The highest BCUT2D eigenvalue weighted by Crippen LogP contribution is 2.66. The topological polar surface area (TPSA) is 57.9 Å². The molecule has 0 aliphatic heterocycles. The average Bonchev–Trinajstić information content (AvgIpc) is 2.80. The number of allylic oxidation sites excluding steroid dienone is 2. The molecular formula is C21H27NO2. The summed E-state index contributed by atoms with van der Waals surface area (Å²) in [5, 5.41) is 9.65. The molecule has 0 amide bonds. The van der Waals surface area contributed by atoms with Crippen molar-refractivity contribution in [3.63, 3.8) is 0 Å². The van der Waals surface area contributed by atoms with E-state index in [0.717, 1.165) is 25.7 Å². The molecule has 0 aromatic rings. The van der Waals surface area contributed by atoms with Crippen molar-refractivity contribution in [1.29, 1.82) is 5.26 Å². The highest BCUT2D eigenvalue weighted by molar-refractivity contribution is 5.92. The fourth-order valence-electron chi connectivity index (χ4n) is 7.06. The highest BCUT2D eigenvalue weighted by atomic mass is 16.1. The van der Waals surface area contributed by atoms with E-state index >= 15 is 0 Å². The Labute approximate surface area is 144 Å². The van der Waals surface area contributed by atoms with Gasteiger partial charge in [0.1, 0.15) is 5.78 Å². The van der Waals surface area contributed by atoms with Crippen LogP contribution in [0.15, 0.2) is 11.6 Å². The maximum absolute atomic E-state index is 12.6. The van der Waals surface area contributed by atoms with Crippen LogP contribution in [0.1, 0.15) is 59.3 Å². The Bertz CT molecular complexity index is 686. The first-order chi connectivity index (χ1) is 11.3. The Balaban J connectivity index is 1.77. The molecule has 24 heavy (non-hydrogen) atoms. The lowest BCUT2D eigenvalue weighted by Gasteiger charge is -2.59. The molecule has 3 saturated carbocycles. The van der Waals surface area contributed by atoms with Crippen molar-refractivity contribution in [3.8, 4) is 6.07 Å².